The number of halogens is 1. The molecule has 10 heteroatoms. The standard InChI is InChI=1S/C29H34BrN3O5S/c1-5-31-29(35)22(4)32(19-23-9-11-24(30)12-10-23)28(34)20-33(25-13-15-26(16-14-25)38-6-2)39(36,37)27-17-7-21(3)8-18-27/h7-18,22H,5-6,19-20H2,1-4H3,(H,31,35). The first-order chi connectivity index (χ1) is 18.6. The van der Waals surface area contributed by atoms with E-state index in [1.54, 1.807) is 50.2 Å². The summed E-state index contributed by atoms with van der Waals surface area (Å²) in [4.78, 5) is 28.1. The molecule has 1 unspecified atom stereocenters. The van der Waals surface area contributed by atoms with Crippen LogP contribution in [0.1, 0.15) is 31.9 Å². The van der Waals surface area contributed by atoms with Crippen LogP contribution < -0.4 is 14.4 Å². The molecule has 0 aliphatic heterocycles. The van der Waals surface area contributed by atoms with E-state index in [4.69, 9.17) is 4.74 Å². The molecule has 0 saturated heterocycles. The second-order valence-corrected chi connectivity index (χ2v) is 11.7. The highest BCUT2D eigenvalue weighted by molar-refractivity contribution is 9.10. The van der Waals surface area contributed by atoms with Crippen molar-refractivity contribution in [1.29, 1.82) is 0 Å². The van der Waals surface area contributed by atoms with Crippen molar-refractivity contribution >= 4 is 43.5 Å². The number of nitrogens with zero attached hydrogens (tertiary/aromatic N) is 2. The van der Waals surface area contributed by atoms with Crippen LogP contribution in [0.15, 0.2) is 82.2 Å². The van der Waals surface area contributed by atoms with Gasteiger partial charge in [-0.2, -0.15) is 0 Å². The number of aryl methyl sites for hydroxylation is 1. The SMILES string of the molecule is CCNC(=O)C(C)N(Cc1ccc(Br)cc1)C(=O)CN(c1ccc(OCC)cc1)S(=O)(=O)c1ccc(C)cc1. The molecule has 0 aliphatic rings. The van der Waals surface area contributed by atoms with Crippen molar-refractivity contribution in [3.8, 4) is 5.75 Å². The fraction of sp³-hybridized carbons (Fsp3) is 0.310. The molecule has 0 heterocycles. The Labute approximate surface area is 239 Å². The molecule has 0 radical (unpaired) electrons. The minimum atomic E-state index is -4.12. The molecule has 0 aliphatic carbocycles. The van der Waals surface area contributed by atoms with E-state index in [9.17, 15) is 18.0 Å². The monoisotopic (exact) mass is 615 g/mol. The molecule has 0 aromatic heterocycles. The first-order valence-electron chi connectivity index (χ1n) is 12.7. The summed E-state index contributed by atoms with van der Waals surface area (Å²) in [6.07, 6.45) is 0. The summed E-state index contributed by atoms with van der Waals surface area (Å²) in [7, 11) is -4.12. The van der Waals surface area contributed by atoms with Gasteiger partial charge in [0, 0.05) is 17.6 Å². The molecule has 1 atom stereocenters. The minimum Gasteiger partial charge on any atom is -0.494 e. The Hall–Kier alpha value is -3.37. The average molecular weight is 617 g/mol. The van der Waals surface area contributed by atoms with Crippen molar-refractivity contribution in [3.05, 3.63) is 88.4 Å². The Balaban J connectivity index is 2.02. The van der Waals surface area contributed by atoms with Gasteiger partial charge < -0.3 is 15.0 Å². The van der Waals surface area contributed by atoms with Crippen LogP contribution in [0, 0.1) is 6.92 Å². The molecule has 2 amide bonds. The maximum Gasteiger partial charge on any atom is 0.264 e. The van der Waals surface area contributed by atoms with E-state index in [1.165, 1.54) is 17.0 Å². The Morgan fingerprint density at radius 1 is 0.949 bits per heavy atom. The number of carbonyl (C=O) groups excluding carboxylic acids is 2. The van der Waals surface area contributed by atoms with Crippen LogP contribution in [0.25, 0.3) is 0 Å². The summed E-state index contributed by atoms with van der Waals surface area (Å²) >= 11 is 3.41. The van der Waals surface area contributed by atoms with Crippen molar-refractivity contribution in [1.82, 2.24) is 10.2 Å². The van der Waals surface area contributed by atoms with Gasteiger partial charge in [-0.1, -0.05) is 45.8 Å². The highest BCUT2D eigenvalue weighted by atomic mass is 79.9. The van der Waals surface area contributed by atoms with Gasteiger partial charge in [0.2, 0.25) is 11.8 Å². The molecule has 0 bridgehead atoms. The predicted molar refractivity (Wildman–Crippen MR) is 156 cm³/mol. The van der Waals surface area contributed by atoms with Gasteiger partial charge >= 0.3 is 0 Å². The molecule has 3 aromatic carbocycles. The normalized spacial score (nSPS) is 11.9. The molecule has 39 heavy (non-hydrogen) atoms. The summed E-state index contributed by atoms with van der Waals surface area (Å²) < 4.78 is 35.2. The van der Waals surface area contributed by atoms with E-state index >= 15 is 0 Å². The van der Waals surface area contributed by atoms with Crippen LogP contribution >= 0.6 is 15.9 Å². The predicted octanol–water partition coefficient (Wildman–Crippen LogP) is 4.90. The Kier molecular flexibility index (Phi) is 10.5. The summed E-state index contributed by atoms with van der Waals surface area (Å²) in [6, 6.07) is 19.6. The second kappa shape index (κ2) is 13.6. The average Bonchev–Trinajstić information content (AvgIpc) is 2.92. The van der Waals surface area contributed by atoms with E-state index in [2.05, 4.69) is 21.2 Å². The van der Waals surface area contributed by atoms with Crippen LogP contribution in [0.5, 0.6) is 5.75 Å². The molecule has 0 spiro atoms. The fourth-order valence-electron chi connectivity index (χ4n) is 3.93. The number of amides is 2. The third-order valence-electron chi connectivity index (χ3n) is 6.11. The number of sulfonamides is 1. The zero-order chi connectivity index (χ0) is 28.6. The van der Waals surface area contributed by atoms with Crippen molar-refractivity contribution in [2.24, 2.45) is 0 Å². The number of likely N-dealkylation sites (N-methyl/N-ethyl adjacent to an activating group) is 1. The Morgan fingerprint density at radius 2 is 1.56 bits per heavy atom. The van der Waals surface area contributed by atoms with Crippen LogP contribution in [0.2, 0.25) is 0 Å². The third-order valence-corrected chi connectivity index (χ3v) is 8.42. The number of anilines is 1. The van der Waals surface area contributed by atoms with Gasteiger partial charge in [-0.05, 0) is 81.8 Å². The fourth-order valence-corrected chi connectivity index (χ4v) is 5.61. The number of benzene rings is 3. The van der Waals surface area contributed by atoms with Gasteiger partial charge in [-0.3, -0.25) is 13.9 Å². The van der Waals surface area contributed by atoms with Gasteiger partial charge in [0.15, 0.2) is 0 Å². The molecule has 3 rings (SSSR count). The smallest absolute Gasteiger partial charge is 0.264 e. The van der Waals surface area contributed by atoms with Crippen LogP contribution in [0.3, 0.4) is 0 Å². The largest absolute Gasteiger partial charge is 0.494 e. The van der Waals surface area contributed by atoms with E-state index < -0.39 is 28.5 Å². The summed E-state index contributed by atoms with van der Waals surface area (Å²) in [6.45, 7) is 7.67. The second-order valence-electron chi connectivity index (χ2n) is 8.97. The maximum atomic E-state index is 13.9. The van der Waals surface area contributed by atoms with Gasteiger partial charge in [0.05, 0.1) is 17.2 Å². The van der Waals surface area contributed by atoms with E-state index in [0.717, 1.165) is 19.9 Å². The Morgan fingerprint density at radius 3 is 2.13 bits per heavy atom. The molecular formula is C29H34BrN3O5S. The first kappa shape index (κ1) is 30.2. The van der Waals surface area contributed by atoms with E-state index in [-0.39, 0.29) is 17.3 Å². The van der Waals surface area contributed by atoms with E-state index in [1.807, 2.05) is 38.1 Å². The minimum absolute atomic E-state index is 0.0611. The molecule has 0 fully saturated rings. The lowest BCUT2D eigenvalue weighted by molar-refractivity contribution is -0.139. The van der Waals surface area contributed by atoms with Gasteiger partial charge in [0.25, 0.3) is 10.0 Å². The van der Waals surface area contributed by atoms with Crippen molar-refractivity contribution < 1.29 is 22.7 Å². The number of carbonyl (C=O) groups is 2. The molecule has 1 N–H and O–H groups in total. The zero-order valence-corrected chi connectivity index (χ0v) is 25.0. The van der Waals surface area contributed by atoms with Crippen molar-refractivity contribution in [3.63, 3.8) is 0 Å². The number of rotatable bonds is 12. The van der Waals surface area contributed by atoms with Crippen molar-refractivity contribution in [2.75, 3.05) is 24.0 Å². The van der Waals surface area contributed by atoms with Crippen LogP contribution in [-0.4, -0.2) is 50.9 Å². The molecule has 0 saturated carbocycles. The lowest BCUT2D eigenvalue weighted by atomic mass is 10.1. The zero-order valence-electron chi connectivity index (χ0n) is 22.6. The molecule has 8 nitrogen and oxygen atoms in total. The van der Waals surface area contributed by atoms with Gasteiger partial charge in [0.1, 0.15) is 18.3 Å². The maximum absolute atomic E-state index is 13.9. The number of ether oxygens (including phenoxy) is 1. The Bertz CT molecular complexity index is 1360. The van der Waals surface area contributed by atoms with Gasteiger partial charge in [-0.15, -0.1) is 0 Å². The lowest BCUT2D eigenvalue weighted by Crippen LogP contribution is -2.51. The van der Waals surface area contributed by atoms with E-state index in [0.29, 0.717) is 24.6 Å². The highest BCUT2D eigenvalue weighted by Gasteiger charge is 2.32. The summed E-state index contributed by atoms with van der Waals surface area (Å²) in [5, 5.41) is 2.75. The highest BCUT2D eigenvalue weighted by Crippen LogP contribution is 2.27. The summed E-state index contributed by atoms with van der Waals surface area (Å²) in [5.41, 5.74) is 2.02. The lowest BCUT2D eigenvalue weighted by Gasteiger charge is -2.32. The number of hydrogen-bond donors (Lipinski definition) is 1. The van der Waals surface area contributed by atoms with Crippen molar-refractivity contribution in [2.45, 2.75) is 45.2 Å². The summed E-state index contributed by atoms with van der Waals surface area (Å²) in [5.74, 6) is -0.250. The number of nitrogens with one attached hydrogen (secondary N) is 1. The molecule has 3 aromatic rings. The molecule has 208 valence electrons. The van der Waals surface area contributed by atoms with Crippen LogP contribution in [0.4, 0.5) is 5.69 Å². The molecular weight excluding hydrogens is 582 g/mol. The van der Waals surface area contributed by atoms with Gasteiger partial charge in [-0.25, -0.2) is 8.42 Å². The van der Waals surface area contributed by atoms with Crippen LogP contribution in [-0.2, 0) is 26.2 Å². The quantitative estimate of drug-likeness (QED) is 0.312. The first-order valence-corrected chi connectivity index (χ1v) is 14.9. The topological polar surface area (TPSA) is 96.0 Å². The number of hydrogen-bond acceptors (Lipinski definition) is 5. The third kappa shape index (κ3) is 7.83.